The minimum Gasteiger partial charge on any atom is -0.370 e. The molecule has 0 unspecified atom stereocenters. The molecule has 1 fully saturated rings. The molecule has 1 amide bonds. The van der Waals surface area contributed by atoms with Crippen LogP contribution in [-0.4, -0.2) is 28.4 Å². The number of hydrogen-bond acceptors (Lipinski definition) is 4. The standard InChI is InChI=1S/C17H17FN4OS/c18-13-4-3-5-14(21-6-1-2-7-21)16(13)20-15(23)10-12-11-22-8-9-24-17(22)19-12/h3-5,8-9,11H,1-2,6-7,10H2,(H,20,23). The van der Waals surface area contributed by atoms with Crippen molar-refractivity contribution in [1.29, 1.82) is 0 Å². The number of para-hydroxylation sites is 1. The average molecular weight is 344 g/mol. The molecule has 124 valence electrons. The Balaban J connectivity index is 1.53. The van der Waals surface area contributed by atoms with Crippen molar-refractivity contribution in [2.24, 2.45) is 0 Å². The number of imidazole rings is 1. The summed E-state index contributed by atoms with van der Waals surface area (Å²) >= 11 is 1.51. The van der Waals surface area contributed by atoms with E-state index in [9.17, 15) is 9.18 Å². The van der Waals surface area contributed by atoms with Gasteiger partial charge in [-0.25, -0.2) is 9.37 Å². The number of benzene rings is 1. The quantitative estimate of drug-likeness (QED) is 0.790. The highest BCUT2D eigenvalue weighted by molar-refractivity contribution is 7.15. The summed E-state index contributed by atoms with van der Waals surface area (Å²) < 4.78 is 16.1. The second kappa shape index (κ2) is 6.24. The smallest absolute Gasteiger partial charge is 0.230 e. The number of thiazole rings is 1. The molecule has 3 aromatic rings. The van der Waals surface area contributed by atoms with Gasteiger partial charge in [-0.05, 0) is 25.0 Å². The monoisotopic (exact) mass is 344 g/mol. The molecule has 1 N–H and O–H groups in total. The van der Waals surface area contributed by atoms with Crippen molar-refractivity contribution in [2.75, 3.05) is 23.3 Å². The minimum absolute atomic E-state index is 0.127. The second-order valence-electron chi connectivity index (χ2n) is 5.88. The number of amides is 1. The zero-order valence-corrected chi connectivity index (χ0v) is 13.9. The fraction of sp³-hybridized carbons (Fsp3) is 0.294. The third-order valence-electron chi connectivity index (χ3n) is 4.19. The first kappa shape index (κ1) is 15.1. The van der Waals surface area contributed by atoms with Gasteiger partial charge in [-0.2, -0.15) is 0 Å². The predicted molar refractivity (Wildman–Crippen MR) is 93.2 cm³/mol. The summed E-state index contributed by atoms with van der Waals surface area (Å²) in [6.07, 6.45) is 6.04. The number of aromatic nitrogens is 2. The SMILES string of the molecule is O=C(Cc1cn2ccsc2n1)Nc1c(F)cccc1N1CCCC1. The minimum atomic E-state index is -0.404. The van der Waals surface area contributed by atoms with Gasteiger partial charge in [-0.1, -0.05) is 6.07 Å². The molecule has 0 aliphatic carbocycles. The number of anilines is 2. The van der Waals surface area contributed by atoms with Crippen LogP contribution in [0.4, 0.5) is 15.8 Å². The topological polar surface area (TPSA) is 49.6 Å². The molecule has 5 nitrogen and oxygen atoms in total. The van der Waals surface area contributed by atoms with E-state index in [1.165, 1.54) is 17.4 Å². The fourth-order valence-corrected chi connectivity index (χ4v) is 3.79. The zero-order valence-electron chi connectivity index (χ0n) is 13.0. The highest BCUT2D eigenvalue weighted by atomic mass is 32.1. The van der Waals surface area contributed by atoms with Crippen LogP contribution in [0.15, 0.2) is 36.0 Å². The van der Waals surface area contributed by atoms with Gasteiger partial charge in [0.25, 0.3) is 0 Å². The van der Waals surface area contributed by atoms with E-state index in [1.807, 2.05) is 28.2 Å². The second-order valence-corrected chi connectivity index (χ2v) is 6.75. The number of fused-ring (bicyclic) bond motifs is 1. The molecule has 1 saturated heterocycles. The molecule has 1 aliphatic heterocycles. The van der Waals surface area contributed by atoms with E-state index in [0.29, 0.717) is 5.69 Å². The van der Waals surface area contributed by atoms with Crippen LogP contribution < -0.4 is 10.2 Å². The molecular weight excluding hydrogens is 327 g/mol. The Morgan fingerprint density at radius 1 is 1.33 bits per heavy atom. The van der Waals surface area contributed by atoms with E-state index in [0.717, 1.165) is 36.6 Å². The Morgan fingerprint density at radius 2 is 2.17 bits per heavy atom. The lowest BCUT2D eigenvalue weighted by molar-refractivity contribution is -0.115. The summed E-state index contributed by atoms with van der Waals surface area (Å²) in [5.41, 5.74) is 1.70. The number of carbonyl (C=O) groups excluding carboxylic acids is 1. The van der Waals surface area contributed by atoms with Gasteiger partial charge in [0.2, 0.25) is 5.91 Å². The van der Waals surface area contributed by atoms with Gasteiger partial charge < -0.3 is 10.2 Å². The van der Waals surface area contributed by atoms with Crippen molar-refractivity contribution in [2.45, 2.75) is 19.3 Å². The summed E-state index contributed by atoms with van der Waals surface area (Å²) in [6.45, 7) is 1.79. The number of hydrogen-bond donors (Lipinski definition) is 1. The maximum atomic E-state index is 14.3. The van der Waals surface area contributed by atoms with Gasteiger partial charge in [0, 0.05) is 30.9 Å². The first-order valence-corrected chi connectivity index (χ1v) is 8.83. The van der Waals surface area contributed by atoms with Crippen molar-refractivity contribution in [3.63, 3.8) is 0 Å². The molecule has 1 aliphatic rings. The van der Waals surface area contributed by atoms with E-state index in [2.05, 4.69) is 15.2 Å². The van der Waals surface area contributed by atoms with E-state index < -0.39 is 5.82 Å². The Bertz CT molecular complexity index is 853. The summed E-state index contributed by atoms with van der Waals surface area (Å²) in [5.74, 6) is -0.662. The molecule has 0 bridgehead atoms. The van der Waals surface area contributed by atoms with Gasteiger partial charge >= 0.3 is 0 Å². The molecular formula is C17H17FN4OS. The van der Waals surface area contributed by atoms with Crippen LogP contribution in [0.3, 0.4) is 0 Å². The Morgan fingerprint density at radius 3 is 2.96 bits per heavy atom. The Labute approximate surface area is 142 Å². The first-order valence-electron chi connectivity index (χ1n) is 7.95. The van der Waals surface area contributed by atoms with E-state index in [4.69, 9.17) is 0 Å². The molecule has 7 heteroatoms. The highest BCUT2D eigenvalue weighted by Crippen LogP contribution is 2.31. The average Bonchev–Trinajstić information content (AvgIpc) is 3.25. The van der Waals surface area contributed by atoms with Crippen LogP contribution in [0, 0.1) is 5.82 Å². The summed E-state index contributed by atoms with van der Waals surface area (Å²) in [4.78, 5) is 19.7. The fourth-order valence-electron chi connectivity index (χ4n) is 3.07. The largest absolute Gasteiger partial charge is 0.370 e. The van der Waals surface area contributed by atoms with Crippen LogP contribution >= 0.6 is 11.3 Å². The summed E-state index contributed by atoms with van der Waals surface area (Å²) in [5, 5.41) is 4.68. The molecule has 24 heavy (non-hydrogen) atoms. The van der Waals surface area contributed by atoms with Crippen molar-refractivity contribution in [1.82, 2.24) is 9.38 Å². The molecule has 0 radical (unpaired) electrons. The predicted octanol–water partition coefficient (Wildman–Crippen LogP) is 3.32. The van der Waals surface area contributed by atoms with Gasteiger partial charge in [0.05, 0.1) is 17.8 Å². The third kappa shape index (κ3) is 2.87. The van der Waals surface area contributed by atoms with Crippen molar-refractivity contribution in [3.8, 4) is 0 Å². The molecule has 3 heterocycles. The van der Waals surface area contributed by atoms with Crippen molar-refractivity contribution >= 4 is 33.6 Å². The van der Waals surface area contributed by atoms with E-state index in [-0.39, 0.29) is 18.0 Å². The third-order valence-corrected chi connectivity index (χ3v) is 4.96. The van der Waals surface area contributed by atoms with Gasteiger partial charge in [-0.15, -0.1) is 11.3 Å². The van der Waals surface area contributed by atoms with Gasteiger partial charge in [0.1, 0.15) is 11.5 Å². The van der Waals surface area contributed by atoms with Crippen LogP contribution in [0.25, 0.3) is 4.96 Å². The van der Waals surface area contributed by atoms with E-state index in [1.54, 1.807) is 6.07 Å². The van der Waals surface area contributed by atoms with Crippen LogP contribution in [0.1, 0.15) is 18.5 Å². The first-order chi connectivity index (χ1) is 11.7. The van der Waals surface area contributed by atoms with E-state index >= 15 is 0 Å². The number of nitrogens with zero attached hydrogens (tertiary/aromatic N) is 3. The van der Waals surface area contributed by atoms with Crippen molar-refractivity contribution < 1.29 is 9.18 Å². The summed E-state index contributed by atoms with van der Waals surface area (Å²) in [7, 11) is 0. The lowest BCUT2D eigenvalue weighted by atomic mass is 10.2. The molecule has 0 spiro atoms. The number of rotatable bonds is 4. The molecule has 4 rings (SSSR count). The van der Waals surface area contributed by atoms with Crippen LogP contribution in [-0.2, 0) is 11.2 Å². The number of halogens is 1. The van der Waals surface area contributed by atoms with Gasteiger partial charge in [0.15, 0.2) is 4.96 Å². The maximum absolute atomic E-state index is 14.3. The Kier molecular flexibility index (Phi) is 3.93. The molecule has 0 atom stereocenters. The van der Waals surface area contributed by atoms with Crippen LogP contribution in [0.2, 0.25) is 0 Å². The van der Waals surface area contributed by atoms with Crippen molar-refractivity contribution in [3.05, 3.63) is 47.5 Å². The lowest BCUT2D eigenvalue weighted by Crippen LogP contribution is -2.22. The Hall–Kier alpha value is -2.41. The molecule has 0 saturated carbocycles. The molecule has 2 aromatic heterocycles. The number of nitrogens with one attached hydrogen (secondary N) is 1. The normalized spacial score (nSPS) is 14.5. The summed E-state index contributed by atoms with van der Waals surface area (Å²) in [6, 6.07) is 4.92. The maximum Gasteiger partial charge on any atom is 0.230 e. The zero-order chi connectivity index (χ0) is 16.5. The van der Waals surface area contributed by atoms with Crippen LogP contribution in [0.5, 0.6) is 0 Å². The molecule has 1 aromatic carbocycles. The highest BCUT2D eigenvalue weighted by Gasteiger charge is 2.20. The van der Waals surface area contributed by atoms with Gasteiger partial charge in [-0.3, -0.25) is 9.20 Å². The lowest BCUT2D eigenvalue weighted by Gasteiger charge is -2.21. The number of carbonyl (C=O) groups is 1.